The Kier molecular flexibility index (Phi) is 11.3. The van der Waals surface area contributed by atoms with Crippen LogP contribution in [0.2, 0.25) is 0 Å². The van der Waals surface area contributed by atoms with Gasteiger partial charge in [0.1, 0.15) is 11.3 Å². The zero-order valence-electron chi connectivity index (χ0n) is 23.3. The second-order valence-corrected chi connectivity index (χ2v) is 8.90. The van der Waals surface area contributed by atoms with Crippen LogP contribution in [0, 0.1) is 0 Å². The number of azo groups is 1. The zero-order chi connectivity index (χ0) is 29.8. The second kappa shape index (κ2) is 15.1. The number of pyridine rings is 1. The highest BCUT2D eigenvalue weighted by Crippen LogP contribution is 2.39. The molecule has 0 radical (unpaired) electrons. The number of aromatic amines is 1. The van der Waals surface area contributed by atoms with E-state index in [4.69, 9.17) is 14.2 Å². The summed E-state index contributed by atoms with van der Waals surface area (Å²) in [6.07, 6.45) is 3.01. The van der Waals surface area contributed by atoms with Crippen molar-refractivity contribution in [1.29, 1.82) is 0 Å². The van der Waals surface area contributed by atoms with Gasteiger partial charge in [-0.1, -0.05) is 57.0 Å². The van der Waals surface area contributed by atoms with Gasteiger partial charge in [-0.2, -0.15) is 0 Å². The van der Waals surface area contributed by atoms with E-state index < -0.39 is 29.3 Å². The number of rotatable bonds is 13. The van der Waals surface area contributed by atoms with Gasteiger partial charge in [0.05, 0.1) is 30.9 Å². The van der Waals surface area contributed by atoms with E-state index in [0.717, 1.165) is 12.8 Å². The van der Waals surface area contributed by atoms with Crippen LogP contribution < -0.4 is 5.56 Å². The van der Waals surface area contributed by atoms with Gasteiger partial charge >= 0.3 is 17.9 Å². The number of aromatic nitrogens is 1. The number of H-pyrrole nitrogens is 1. The van der Waals surface area contributed by atoms with Gasteiger partial charge in [0.2, 0.25) is 5.88 Å². The molecule has 0 fully saturated rings. The van der Waals surface area contributed by atoms with Crippen molar-refractivity contribution in [2.24, 2.45) is 10.2 Å². The third kappa shape index (κ3) is 7.87. The molecular formula is C30H33N3O8. The fraction of sp³-hybridized carbons (Fsp3) is 0.333. The minimum atomic E-state index is -0.916. The molecule has 11 heteroatoms. The number of benzene rings is 2. The van der Waals surface area contributed by atoms with E-state index in [-0.39, 0.29) is 53.4 Å². The maximum atomic E-state index is 12.9. The van der Waals surface area contributed by atoms with Crippen molar-refractivity contribution in [2.45, 2.75) is 46.5 Å². The molecule has 41 heavy (non-hydrogen) atoms. The lowest BCUT2D eigenvalue weighted by atomic mass is 9.99. The summed E-state index contributed by atoms with van der Waals surface area (Å²) in [5.74, 6) is -2.87. The fourth-order valence-electron chi connectivity index (χ4n) is 3.76. The average molecular weight is 564 g/mol. The Hall–Kier alpha value is -4.80. The van der Waals surface area contributed by atoms with Crippen molar-refractivity contribution in [3.8, 4) is 17.0 Å². The summed E-state index contributed by atoms with van der Waals surface area (Å²) in [4.78, 5) is 53.2. The van der Waals surface area contributed by atoms with Crippen LogP contribution in [0.15, 0.2) is 63.6 Å². The molecule has 0 saturated heterocycles. The Bertz CT molecular complexity index is 1460. The Morgan fingerprint density at radius 2 is 1.49 bits per heavy atom. The molecule has 1 aromatic heterocycles. The van der Waals surface area contributed by atoms with Gasteiger partial charge in [0, 0.05) is 5.56 Å². The van der Waals surface area contributed by atoms with E-state index in [2.05, 4.69) is 15.2 Å². The van der Waals surface area contributed by atoms with E-state index in [1.54, 1.807) is 37.3 Å². The van der Waals surface area contributed by atoms with E-state index >= 15 is 0 Å². The molecule has 0 aliphatic rings. The lowest BCUT2D eigenvalue weighted by Gasteiger charge is -2.12. The molecule has 3 rings (SSSR count). The van der Waals surface area contributed by atoms with Crippen LogP contribution in [0.1, 0.15) is 77.5 Å². The van der Waals surface area contributed by atoms with Crippen LogP contribution in [0.25, 0.3) is 11.1 Å². The minimum Gasteiger partial charge on any atom is -0.493 e. The van der Waals surface area contributed by atoms with E-state index in [1.165, 1.54) is 18.2 Å². The van der Waals surface area contributed by atoms with Gasteiger partial charge in [-0.15, -0.1) is 10.2 Å². The number of nitrogens with one attached hydrogen (secondary N) is 1. The van der Waals surface area contributed by atoms with Crippen LogP contribution in [0.3, 0.4) is 0 Å². The number of aromatic hydroxyl groups is 1. The quantitative estimate of drug-likeness (QED) is 0.107. The van der Waals surface area contributed by atoms with E-state index in [1.807, 2.05) is 13.8 Å². The first-order valence-corrected chi connectivity index (χ1v) is 13.4. The summed E-state index contributed by atoms with van der Waals surface area (Å²) in [7, 11) is 0. The molecule has 0 amide bonds. The molecule has 216 valence electrons. The molecule has 3 aromatic rings. The summed E-state index contributed by atoms with van der Waals surface area (Å²) in [5.41, 5.74) is -1.03. The standard InChI is InChI=1S/C30H33N3O8/c1-4-7-16-40-28(36)20-14-15-21(29(37)41-17-8-5-2)22(18-20)32-33-25-23(19-12-10-9-11-13-19)24(30(38)39-6-3)26(34)31-27(25)35/h9-15,18H,4-8,16-17H2,1-3H3,(H2,31,34,35)/b33-32+. The summed E-state index contributed by atoms with van der Waals surface area (Å²) in [6, 6.07) is 12.5. The van der Waals surface area contributed by atoms with Gasteiger partial charge in [0.15, 0.2) is 5.69 Å². The van der Waals surface area contributed by atoms with Crippen molar-refractivity contribution >= 4 is 29.3 Å². The van der Waals surface area contributed by atoms with E-state index in [0.29, 0.717) is 18.4 Å². The highest BCUT2D eigenvalue weighted by Gasteiger charge is 2.26. The molecule has 0 unspecified atom stereocenters. The molecule has 11 nitrogen and oxygen atoms in total. The number of hydrogen-bond donors (Lipinski definition) is 2. The molecule has 0 bridgehead atoms. The van der Waals surface area contributed by atoms with Gasteiger partial charge < -0.3 is 19.3 Å². The maximum Gasteiger partial charge on any atom is 0.344 e. The molecule has 2 N–H and O–H groups in total. The normalized spacial score (nSPS) is 10.9. The number of ether oxygens (including phenoxy) is 3. The number of esters is 3. The average Bonchev–Trinajstić information content (AvgIpc) is 2.96. The topological polar surface area (TPSA) is 157 Å². The SMILES string of the molecule is CCCCOC(=O)c1ccc(C(=O)OCCCC)c(/N=N/c2c(O)[nH]c(=O)c(C(=O)OCC)c2-c2ccccc2)c1. The molecule has 2 aromatic carbocycles. The summed E-state index contributed by atoms with van der Waals surface area (Å²) in [6.45, 7) is 5.95. The lowest BCUT2D eigenvalue weighted by Crippen LogP contribution is -2.21. The Morgan fingerprint density at radius 1 is 0.829 bits per heavy atom. The number of unbranched alkanes of at least 4 members (excludes halogenated alkanes) is 2. The third-order valence-electron chi connectivity index (χ3n) is 5.89. The molecular weight excluding hydrogens is 530 g/mol. The van der Waals surface area contributed by atoms with Crippen molar-refractivity contribution in [2.75, 3.05) is 19.8 Å². The first-order valence-electron chi connectivity index (χ1n) is 13.4. The minimum absolute atomic E-state index is 0.00881. The lowest BCUT2D eigenvalue weighted by molar-refractivity contribution is 0.0486. The predicted octanol–water partition coefficient (Wildman–Crippen LogP) is 6.25. The Labute approximate surface area is 237 Å². The number of nitrogens with zero attached hydrogens (tertiary/aromatic N) is 2. The predicted molar refractivity (Wildman–Crippen MR) is 151 cm³/mol. The van der Waals surface area contributed by atoms with Crippen molar-refractivity contribution < 1.29 is 33.7 Å². The second-order valence-electron chi connectivity index (χ2n) is 8.90. The van der Waals surface area contributed by atoms with Crippen LogP contribution in [0.5, 0.6) is 5.88 Å². The molecule has 0 aliphatic heterocycles. The van der Waals surface area contributed by atoms with Gasteiger partial charge in [-0.25, -0.2) is 14.4 Å². The van der Waals surface area contributed by atoms with E-state index in [9.17, 15) is 24.3 Å². The van der Waals surface area contributed by atoms with Crippen molar-refractivity contribution in [1.82, 2.24) is 4.98 Å². The number of carbonyl (C=O) groups is 3. The molecule has 0 spiro atoms. The molecule has 0 atom stereocenters. The van der Waals surface area contributed by atoms with Crippen molar-refractivity contribution in [3.05, 3.63) is 75.6 Å². The maximum absolute atomic E-state index is 12.9. The summed E-state index contributed by atoms with van der Waals surface area (Å²) < 4.78 is 15.7. The number of hydrogen-bond acceptors (Lipinski definition) is 10. The molecule has 0 saturated carbocycles. The first-order chi connectivity index (χ1) is 19.8. The zero-order valence-corrected chi connectivity index (χ0v) is 23.3. The van der Waals surface area contributed by atoms with Gasteiger partial charge in [0.25, 0.3) is 5.56 Å². The Morgan fingerprint density at radius 3 is 2.12 bits per heavy atom. The third-order valence-corrected chi connectivity index (χ3v) is 5.89. The highest BCUT2D eigenvalue weighted by atomic mass is 16.5. The van der Waals surface area contributed by atoms with Gasteiger partial charge in [-0.05, 0) is 43.5 Å². The first kappa shape index (κ1) is 30.7. The monoisotopic (exact) mass is 563 g/mol. The van der Waals surface area contributed by atoms with Crippen LogP contribution in [-0.2, 0) is 14.2 Å². The van der Waals surface area contributed by atoms with Crippen LogP contribution >= 0.6 is 0 Å². The summed E-state index contributed by atoms with van der Waals surface area (Å²) in [5, 5.41) is 19.0. The largest absolute Gasteiger partial charge is 0.493 e. The fourth-order valence-corrected chi connectivity index (χ4v) is 3.76. The van der Waals surface area contributed by atoms with Crippen LogP contribution in [-0.4, -0.2) is 47.8 Å². The number of carbonyl (C=O) groups excluding carboxylic acids is 3. The smallest absolute Gasteiger partial charge is 0.344 e. The Balaban J connectivity index is 2.17. The summed E-state index contributed by atoms with van der Waals surface area (Å²) >= 11 is 0. The highest BCUT2D eigenvalue weighted by molar-refractivity contribution is 6.01. The van der Waals surface area contributed by atoms with Crippen molar-refractivity contribution in [3.63, 3.8) is 0 Å². The van der Waals surface area contributed by atoms with Gasteiger partial charge in [-0.3, -0.25) is 9.78 Å². The molecule has 0 aliphatic carbocycles. The molecule has 1 heterocycles. The van der Waals surface area contributed by atoms with Crippen LogP contribution in [0.4, 0.5) is 11.4 Å².